The lowest BCUT2D eigenvalue weighted by atomic mass is 10.0. The number of para-hydroxylation sites is 1. The molecule has 1 aromatic carbocycles. The van der Waals surface area contributed by atoms with E-state index in [9.17, 15) is 10.1 Å². The summed E-state index contributed by atoms with van der Waals surface area (Å²) >= 11 is 0. The van der Waals surface area contributed by atoms with Crippen LogP contribution in [0.3, 0.4) is 0 Å². The third kappa shape index (κ3) is 3.69. The third-order valence-corrected chi connectivity index (χ3v) is 4.07. The first-order chi connectivity index (χ1) is 10.0. The summed E-state index contributed by atoms with van der Waals surface area (Å²) in [4.78, 5) is 15.2. The number of nitro groups is 1. The van der Waals surface area contributed by atoms with E-state index in [1.165, 1.54) is 12.5 Å². The van der Waals surface area contributed by atoms with E-state index in [-0.39, 0.29) is 5.69 Å². The predicted molar refractivity (Wildman–Crippen MR) is 82.9 cm³/mol. The largest absolute Gasteiger partial charge is 0.318 e. The molecule has 2 rings (SSSR count). The maximum absolute atomic E-state index is 11.1. The lowest BCUT2D eigenvalue weighted by molar-refractivity contribution is -0.384. The molecule has 1 aliphatic heterocycles. The number of nitro benzene ring substituents is 1. The Morgan fingerprint density at radius 3 is 2.90 bits per heavy atom. The van der Waals surface area contributed by atoms with Crippen molar-refractivity contribution in [2.75, 3.05) is 32.6 Å². The number of likely N-dealkylation sites (N-methyl/N-ethyl adjacent to an activating group) is 1. The molecule has 0 aromatic heterocycles. The number of rotatable bonds is 5. The van der Waals surface area contributed by atoms with E-state index < -0.39 is 4.92 Å². The molecule has 3 N–H and O–H groups in total. The van der Waals surface area contributed by atoms with Crippen LogP contribution >= 0.6 is 0 Å². The fraction of sp³-hybridized carbons (Fsp3) is 0.571. The van der Waals surface area contributed by atoms with Gasteiger partial charge in [0.15, 0.2) is 0 Å². The molecule has 0 saturated carbocycles. The van der Waals surface area contributed by atoms with Crippen LogP contribution in [0.4, 0.5) is 11.4 Å². The summed E-state index contributed by atoms with van der Waals surface area (Å²) in [5, 5.41) is 11.1. The highest BCUT2D eigenvalue weighted by molar-refractivity contribution is 5.65. The number of hydrazine groups is 1. The molecule has 0 amide bonds. The first-order valence-corrected chi connectivity index (χ1v) is 7.14. The number of nitrogens with zero attached hydrogens (tertiary/aromatic N) is 3. The fourth-order valence-corrected chi connectivity index (χ4v) is 2.87. The van der Waals surface area contributed by atoms with Gasteiger partial charge in [-0.15, -0.1) is 0 Å². The molecular formula is C14H23N5O2. The van der Waals surface area contributed by atoms with Crippen LogP contribution in [-0.2, 0) is 6.54 Å². The highest BCUT2D eigenvalue weighted by Gasteiger charge is 2.23. The van der Waals surface area contributed by atoms with Gasteiger partial charge in [-0.2, -0.15) is 0 Å². The predicted octanol–water partition coefficient (Wildman–Crippen LogP) is 1.41. The minimum Gasteiger partial charge on any atom is -0.318 e. The van der Waals surface area contributed by atoms with E-state index in [0.717, 1.165) is 25.1 Å². The quantitative estimate of drug-likeness (QED) is 0.485. The molecule has 1 aromatic rings. The summed E-state index contributed by atoms with van der Waals surface area (Å²) in [5.74, 6) is 5.49. The maximum Gasteiger partial charge on any atom is 0.293 e. The third-order valence-electron chi connectivity index (χ3n) is 4.07. The van der Waals surface area contributed by atoms with Crippen molar-refractivity contribution >= 4 is 11.4 Å². The van der Waals surface area contributed by atoms with E-state index in [1.807, 2.05) is 6.07 Å². The molecule has 0 radical (unpaired) electrons. The average molecular weight is 293 g/mol. The summed E-state index contributed by atoms with van der Waals surface area (Å²) in [7, 11) is 4.18. The summed E-state index contributed by atoms with van der Waals surface area (Å²) in [5.41, 5.74) is 3.79. The summed E-state index contributed by atoms with van der Waals surface area (Å²) < 4.78 is 0. The van der Waals surface area contributed by atoms with Crippen LogP contribution in [0.15, 0.2) is 18.2 Å². The van der Waals surface area contributed by atoms with Gasteiger partial charge in [0.25, 0.3) is 5.69 Å². The Bertz CT molecular complexity index is 506. The molecule has 1 heterocycles. The SMILES string of the molecule is CN(C)C1CCCN(Cc2cccc([N+](=O)[O-])c2NN)C1. The number of nitrogens with one attached hydrogen (secondary N) is 1. The summed E-state index contributed by atoms with van der Waals surface area (Å²) in [6, 6.07) is 5.60. The first-order valence-electron chi connectivity index (χ1n) is 7.14. The second-order valence-corrected chi connectivity index (χ2v) is 5.71. The number of hydrogen-bond donors (Lipinski definition) is 2. The average Bonchev–Trinajstić information content (AvgIpc) is 2.47. The molecule has 21 heavy (non-hydrogen) atoms. The Kier molecular flexibility index (Phi) is 5.11. The smallest absolute Gasteiger partial charge is 0.293 e. The van der Waals surface area contributed by atoms with Gasteiger partial charge in [0, 0.05) is 25.2 Å². The van der Waals surface area contributed by atoms with Crippen molar-refractivity contribution in [3.8, 4) is 0 Å². The van der Waals surface area contributed by atoms with E-state index in [2.05, 4.69) is 29.3 Å². The minimum atomic E-state index is -0.405. The standard InChI is InChI=1S/C14H23N5O2/c1-17(2)12-6-4-8-18(10-12)9-11-5-3-7-13(19(20)21)14(11)16-15/h3,5,7,12,16H,4,6,8-10,15H2,1-2H3. The van der Waals surface area contributed by atoms with E-state index in [4.69, 9.17) is 5.84 Å². The van der Waals surface area contributed by atoms with Gasteiger partial charge in [0.05, 0.1) is 4.92 Å². The molecule has 0 aliphatic carbocycles. The van der Waals surface area contributed by atoms with Crippen LogP contribution in [0, 0.1) is 10.1 Å². The number of hydrogen-bond acceptors (Lipinski definition) is 6. The van der Waals surface area contributed by atoms with Gasteiger partial charge in [-0.05, 0) is 39.0 Å². The second kappa shape index (κ2) is 6.84. The Morgan fingerprint density at radius 2 is 2.29 bits per heavy atom. The van der Waals surface area contributed by atoms with Crippen molar-refractivity contribution in [1.82, 2.24) is 9.80 Å². The number of nitrogens with two attached hydrogens (primary N) is 1. The molecule has 1 saturated heterocycles. The van der Waals surface area contributed by atoms with Crippen LogP contribution in [0.2, 0.25) is 0 Å². The van der Waals surface area contributed by atoms with Crippen molar-refractivity contribution in [3.63, 3.8) is 0 Å². The summed E-state index contributed by atoms with van der Waals surface area (Å²) in [6.07, 6.45) is 2.34. The lowest BCUT2D eigenvalue weighted by Crippen LogP contribution is -2.44. The van der Waals surface area contributed by atoms with Crippen LogP contribution in [0.5, 0.6) is 0 Å². The molecule has 1 atom stereocenters. The summed E-state index contributed by atoms with van der Waals surface area (Å²) in [6.45, 7) is 2.66. The number of benzene rings is 1. The van der Waals surface area contributed by atoms with E-state index in [1.54, 1.807) is 6.07 Å². The van der Waals surface area contributed by atoms with Crippen molar-refractivity contribution in [1.29, 1.82) is 0 Å². The van der Waals surface area contributed by atoms with Crippen molar-refractivity contribution in [2.24, 2.45) is 5.84 Å². The monoisotopic (exact) mass is 293 g/mol. The fourth-order valence-electron chi connectivity index (χ4n) is 2.87. The minimum absolute atomic E-state index is 0.0242. The maximum atomic E-state index is 11.1. The number of likely N-dealkylation sites (tertiary alicyclic amines) is 1. The van der Waals surface area contributed by atoms with Crippen molar-refractivity contribution < 1.29 is 4.92 Å². The van der Waals surface area contributed by atoms with Gasteiger partial charge in [-0.25, -0.2) is 0 Å². The Hall–Kier alpha value is -1.70. The highest BCUT2D eigenvalue weighted by atomic mass is 16.6. The van der Waals surface area contributed by atoms with Crippen LogP contribution in [0.25, 0.3) is 0 Å². The molecule has 1 fully saturated rings. The van der Waals surface area contributed by atoms with Gasteiger partial charge >= 0.3 is 0 Å². The molecule has 7 heteroatoms. The molecule has 1 aliphatic rings. The van der Waals surface area contributed by atoms with Crippen molar-refractivity contribution in [3.05, 3.63) is 33.9 Å². The Labute approximate surface area is 124 Å². The number of piperidine rings is 1. The van der Waals surface area contributed by atoms with E-state index in [0.29, 0.717) is 18.3 Å². The molecule has 1 unspecified atom stereocenters. The molecule has 0 spiro atoms. The zero-order chi connectivity index (χ0) is 15.4. The highest BCUT2D eigenvalue weighted by Crippen LogP contribution is 2.29. The first kappa shape index (κ1) is 15.7. The van der Waals surface area contributed by atoms with Crippen molar-refractivity contribution in [2.45, 2.75) is 25.4 Å². The van der Waals surface area contributed by atoms with Gasteiger partial charge in [0.1, 0.15) is 5.69 Å². The molecular weight excluding hydrogens is 270 g/mol. The number of nitrogen functional groups attached to an aromatic ring is 1. The molecule has 7 nitrogen and oxygen atoms in total. The van der Waals surface area contributed by atoms with Crippen LogP contribution < -0.4 is 11.3 Å². The van der Waals surface area contributed by atoms with Gasteiger partial charge in [-0.1, -0.05) is 12.1 Å². The Morgan fingerprint density at radius 1 is 1.52 bits per heavy atom. The van der Waals surface area contributed by atoms with E-state index >= 15 is 0 Å². The number of anilines is 1. The zero-order valence-electron chi connectivity index (χ0n) is 12.6. The topological polar surface area (TPSA) is 87.7 Å². The van der Waals surface area contributed by atoms with Gasteiger partial charge < -0.3 is 10.3 Å². The second-order valence-electron chi connectivity index (χ2n) is 5.71. The lowest BCUT2D eigenvalue weighted by Gasteiger charge is -2.36. The Balaban J connectivity index is 2.15. The van der Waals surface area contributed by atoms with Crippen LogP contribution in [-0.4, -0.2) is 47.9 Å². The molecule has 0 bridgehead atoms. The van der Waals surface area contributed by atoms with Gasteiger partial charge in [0.2, 0.25) is 0 Å². The van der Waals surface area contributed by atoms with Crippen LogP contribution in [0.1, 0.15) is 18.4 Å². The molecule has 116 valence electrons. The zero-order valence-corrected chi connectivity index (χ0v) is 12.6. The van der Waals surface area contributed by atoms with Gasteiger partial charge in [-0.3, -0.25) is 20.9 Å². The normalized spacial score (nSPS) is 19.7.